The van der Waals surface area contributed by atoms with Crippen LogP contribution < -0.4 is 15.4 Å². The minimum absolute atomic E-state index is 0.0250. The molecular weight excluding hydrogens is 464 g/mol. The van der Waals surface area contributed by atoms with E-state index in [1.54, 1.807) is 38.1 Å². The number of anilines is 2. The Morgan fingerprint density at radius 3 is 2.50 bits per heavy atom. The monoisotopic (exact) mass is 490 g/mol. The summed E-state index contributed by atoms with van der Waals surface area (Å²) < 4.78 is 5.60. The van der Waals surface area contributed by atoms with E-state index in [9.17, 15) is 19.5 Å². The Morgan fingerprint density at radius 2 is 1.81 bits per heavy atom. The lowest BCUT2D eigenvalue weighted by Crippen LogP contribution is -2.32. The predicted octanol–water partition coefficient (Wildman–Crippen LogP) is 3.90. The van der Waals surface area contributed by atoms with Crippen LogP contribution in [0.25, 0.3) is 11.0 Å². The molecule has 2 aromatic carbocycles. The smallest absolute Gasteiger partial charge is 0.345 e. The van der Waals surface area contributed by atoms with Crippen molar-refractivity contribution in [3.8, 4) is 5.75 Å². The number of aryl methyl sites for hydroxylation is 2. The molecule has 1 unspecified atom stereocenters. The number of ether oxygens (including phenoxy) is 1. The Labute approximate surface area is 206 Å². The van der Waals surface area contributed by atoms with Crippen LogP contribution in [-0.4, -0.2) is 48.9 Å². The fourth-order valence-corrected chi connectivity index (χ4v) is 3.68. The lowest BCUT2D eigenvalue weighted by Gasteiger charge is -2.18. The zero-order chi connectivity index (χ0) is 26.0. The maximum atomic E-state index is 12.9. The standard InChI is InChI=1S/C25H26N6O5/c1-12(2)21(24(34)35)36-15-6-8-17-18(10-15)30-25(29-17)31-23(33)20-19(26-11-27-20)22(32)28-16-7-5-13(3)9-14(16)4/h5-12,21H,1-4H3,(H,26,27)(H,28,32)(H,34,35)(H2,29,30,31,33). The van der Waals surface area contributed by atoms with Gasteiger partial charge in [0.15, 0.2) is 11.8 Å². The Kier molecular flexibility index (Phi) is 6.73. The van der Waals surface area contributed by atoms with Gasteiger partial charge in [0.05, 0.1) is 17.4 Å². The van der Waals surface area contributed by atoms with Crippen LogP contribution in [0.15, 0.2) is 42.7 Å². The van der Waals surface area contributed by atoms with Gasteiger partial charge < -0.3 is 25.1 Å². The van der Waals surface area contributed by atoms with Crippen LogP contribution in [0.4, 0.5) is 11.6 Å². The summed E-state index contributed by atoms with van der Waals surface area (Å²) in [5.74, 6) is -1.95. The van der Waals surface area contributed by atoms with Gasteiger partial charge in [-0.3, -0.25) is 14.9 Å². The van der Waals surface area contributed by atoms with E-state index in [0.717, 1.165) is 11.1 Å². The van der Waals surface area contributed by atoms with Crippen molar-refractivity contribution in [2.45, 2.75) is 33.8 Å². The molecule has 0 aliphatic rings. The fraction of sp³-hybridized carbons (Fsp3) is 0.240. The minimum Gasteiger partial charge on any atom is -0.478 e. The van der Waals surface area contributed by atoms with Gasteiger partial charge in [0.25, 0.3) is 11.8 Å². The SMILES string of the molecule is Cc1ccc(NC(=O)c2nc[nH]c2C(=O)Nc2nc3cc(OC(C(=O)O)C(C)C)ccc3[nH]2)c(C)c1. The van der Waals surface area contributed by atoms with Gasteiger partial charge >= 0.3 is 5.97 Å². The molecule has 0 saturated carbocycles. The number of carbonyl (C=O) groups excluding carboxylic acids is 2. The number of nitrogens with one attached hydrogen (secondary N) is 4. The van der Waals surface area contributed by atoms with Gasteiger partial charge in [-0.1, -0.05) is 31.5 Å². The van der Waals surface area contributed by atoms with E-state index < -0.39 is 23.9 Å². The van der Waals surface area contributed by atoms with Crippen molar-refractivity contribution in [1.29, 1.82) is 0 Å². The normalized spacial score (nSPS) is 11.9. The highest BCUT2D eigenvalue weighted by molar-refractivity contribution is 6.13. The van der Waals surface area contributed by atoms with Gasteiger partial charge in [0.1, 0.15) is 11.4 Å². The van der Waals surface area contributed by atoms with Crippen molar-refractivity contribution in [2.24, 2.45) is 5.92 Å². The first-order valence-corrected chi connectivity index (χ1v) is 11.2. The lowest BCUT2D eigenvalue weighted by atomic mass is 10.1. The number of aromatic amines is 2. The number of carbonyl (C=O) groups is 3. The second-order valence-electron chi connectivity index (χ2n) is 8.74. The molecule has 11 heteroatoms. The Bertz CT molecular complexity index is 1450. The zero-order valence-electron chi connectivity index (χ0n) is 20.2. The van der Waals surface area contributed by atoms with Gasteiger partial charge in [0.2, 0.25) is 5.95 Å². The fourth-order valence-electron chi connectivity index (χ4n) is 3.68. The van der Waals surface area contributed by atoms with Gasteiger partial charge in [-0.2, -0.15) is 0 Å². The van der Waals surface area contributed by atoms with Gasteiger partial charge in [0, 0.05) is 17.7 Å². The molecule has 186 valence electrons. The second kappa shape index (κ2) is 9.90. The van der Waals surface area contributed by atoms with Crippen molar-refractivity contribution >= 4 is 40.5 Å². The van der Waals surface area contributed by atoms with Crippen LogP contribution in [0.3, 0.4) is 0 Å². The van der Waals surface area contributed by atoms with E-state index in [1.807, 2.05) is 26.0 Å². The largest absolute Gasteiger partial charge is 0.478 e. The number of H-pyrrole nitrogens is 2. The Hall–Kier alpha value is -4.67. The molecule has 0 saturated heterocycles. The molecule has 2 heterocycles. The molecule has 0 aliphatic carbocycles. The zero-order valence-corrected chi connectivity index (χ0v) is 20.2. The molecule has 1 atom stereocenters. The van der Waals surface area contributed by atoms with E-state index in [4.69, 9.17) is 4.74 Å². The minimum atomic E-state index is -1.06. The quantitative estimate of drug-likeness (QED) is 0.250. The average Bonchev–Trinajstić information content (AvgIpc) is 3.45. The van der Waals surface area contributed by atoms with Crippen molar-refractivity contribution in [3.63, 3.8) is 0 Å². The molecule has 5 N–H and O–H groups in total. The summed E-state index contributed by atoms with van der Waals surface area (Å²) in [6.45, 7) is 7.35. The Morgan fingerprint density at radius 1 is 1.03 bits per heavy atom. The van der Waals surface area contributed by atoms with Crippen LogP contribution in [0.1, 0.15) is 46.0 Å². The van der Waals surface area contributed by atoms with Crippen LogP contribution in [0, 0.1) is 19.8 Å². The molecule has 2 amide bonds. The van der Waals surface area contributed by atoms with Crippen molar-refractivity contribution < 1.29 is 24.2 Å². The number of hydrogen-bond acceptors (Lipinski definition) is 6. The number of aliphatic carboxylic acids is 1. The maximum Gasteiger partial charge on any atom is 0.345 e. The third kappa shape index (κ3) is 5.19. The highest BCUT2D eigenvalue weighted by Crippen LogP contribution is 2.24. The highest BCUT2D eigenvalue weighted by atomic mass is 16.5. The van der Waals surface area contributed by atoms with E-state index in [1.165, 1.54) is 6.33 Å². The number of imidazole rings is 2. The number of carboxylic acid groups (broad SMARTS) is 1. The van der Waals surface area contributed by atoms with Crippen LogP contribution >= 0.6 is 0 Å². The average molecular weight is 491 g/mol. The molecule has 0 aliphatic heterocycles. The summed E-state index contributed by atoms with van der Waals surface area (Å²) in [6.07, 6.45) is 0.260. The highest BCUT2D eigenvalue weighted by Gasteiger charge is 2.24. The number of benzene rings is 2. The molecule has 4 aromatic rings. The molecule has 2 aromatic heterocycles. The number of aromatic nitrogens is 4. The van der Waals surface area contributed by atoms with E-state index in [0.29, 0.717) is 22.5 Å². The summed E-state index contributed by atoms with van der Waals surface area (Å²) in [6, 6.07) is 10.5. The molecular formula is C25H26N6O5. The molecule has 0 fully saturated rings. The summed E-state index contributed by atoms with van der Waals surface area (Å²) in [4.78, 5) is 51.1. The third-order valence-electron chi connectivity index (χ3n) is 5.51. The lowest BCUT2D eigenvalue weighted by molar-refractivity contribution is -0.147. The number of fused-ring (bicyclic) bond motifs is 1. The van der Waals surface area contributed by atoms with Crippen molar-refractivity contribution in [2.75, 3.05) is 10.6 Å². The maximum absolute atomic E-state index is 12.9. The molecule has 0 radical (unpaired) electrons. The molecule has 0 spiro atoms. The predicted molar refractivity (Wildman–Crippen MR) is 133 cm³/mol. The number of rotatable bonds is 8. The number of nitrogens with zero attached hydrogens (tertiary/aromatic N) is 2. The molecule has 0 bridgehead atoms. The number of hydrogen-bond donors (Lipinski definition) is 5. The molecule has 4 rings (SSSR count). The van der Waals surface area contributed by atoms with Crippen molar-refractivity contribution in [3.05, 3.63) is 65.2 Å². The second-order valence-corrected chi connectivity index (χ2v) is 8.74. The topological polar surface area (TPSA) is 162 Å². The van der Waals surface area contributed by atoms with Crippen LogP contribution in [0.5, 0.6) is 5.75 Å². The third-order valence-corrected chi connectivity index (χ3v) is 5.51. The van der Waals surface area contributed by atoms with Gasteiger partial charge in [-0.05, 0) is 37.6 Å². The summed E-state index contributed by atoms with van der Waals surface area (Å²) in [5.41, 5.74) is 3.56. The summed E-state index contributed by atoms with van der Waals surface area (Å²) >= 11 is 0. The summed E-state index contributed by atoms with van der Waals surface area (Å²) in [5, 5.41) is 14.7. The molecule has 11 nitrogen and oxygen atoms in total. The van der Waals surface area contributed by atoms with Crippen LogP contribution in [-0.2, 0) is 4.79 Å². The van der Waals surface area contributed by atoms with Crippen LogP contribution in [0.2, 0.25) is 0 Å². The van der Waals surface area contributed by atoms with E-state index >= 15 is 0 Å². The number of carboxylic acids is 1. The first-order valence-electron chi connectivity index (χ1n) is 11.2. The van der Waals surface area contributed by atoms with E-state index in [2.05, 4.69) is 30.6 Å². The van der Waals surface area contributed by atoms with Crippen molar-refractivity contribution in [1.82, 2.24) is 19.9 Å². The Balaban J connectivity index is 1.49. The van der Waals surface area contributed by atoms with Gasteiger partial charge in [-0.15, -0.1) is 0 Å². The summed E-state index contributed by atoms with van der Waals surface area (Å²) in [7, 11) is 0. The first kappa shape index (κ1) is 24.5. The van der Waals surface area contributed by atoms with Gasteiger partial charge in [-0.25, -0.2) is 14.8 Å². The first-order chi connectivity index (χ1) is 17.1. The molecule has 36 heavy (non-hydrogen) atoms. The van der Waals surface area contributed by atoms with E-state index in [-0.39, 0.29) is 23.3 Å². The number of amides is 2.